The summed E-state index contributed by atoms with van der Waals surface area (Å²) in [5.74, 6) is -3.87. The molecule has 0 saturated carbocycles. The Labute approximate surface area is 152 Å². The van der Waals surface area contributed by atoms with Crippen LogP contribution in [0.15, 0.2) is 18.2 Å². The van der Waals surface area contributed by atoms with Gasteiger partial charge in [0.15, 0.2) is 11.6 Å². The minimum Gasteiger partial charge on any atom is -0.475 e. The number of ether oxygens (including phenoxy) is 2. The molecule has 0 amide bonds. The van der Waals surface area contributed by atoms with Crippen LogP contribution in [0.5, 0.6) is 0 Å². The Morgan fingerprint density at radius 3 is 2.59 bits per heavy atom. The van der Waals surface area contributed by atoms with Crippen LogP contribution in [0.4, 0.5) is 22.0 Å². The molecule has 0 aromatic heterocycles. The molecular formula is C17H20F5NO4. The van der Waals surface area contributed by atoms with Gasteiger partial charge in [-0.3, -0.25) is 4.90 Å². The normalized spacial score (nSPS) is 25.0. The molecule has 152 valence electrons. The Morgan fingerprint density at radius 2 is 2.04 bits per heavy atom. The summed E-state index contributed by atoms with van der Waals surface area (Å²) >= 11 is 0. The van der Waals surface area contributed by atoms with Crippen LogP contribution in [0.1, 0.15) is 5.56 Å². The number of methoxy groups -OCH3 is 1. The number of benzene rings is 1. The van der Waals surface area contributed by atoms with Crippen molar-refractivity contribution in [2.45, 2.75) is 12.7 Å². The highest BCUT2D eigenvalue weighted by Gasteiger charge is 2.50. The van der Waals surface area contributed by atoms with Crippen LogP contribution < -0.4 is 0 Å². The number of hydrogen-bond acceptors (Lipinski definition) is 4. The highest BCUT2D eigenvalue weighted by atomic mass is 19.4. The van der Waals surface area contributed by atoms with Crippen molar-refractivity contribution < 1.29 is 41.3 Å². The molecule has 1 N–H and O–H groups in total. The number of likely N-dealkylation sites (tertiary alicyclic amines) is 1. The number of halogens is 5. The summed E-state index contributed by atoms with van der Waals surface area (Å²) in [6.45, 7) is 4.61. The molecule has 3 rings (SSSR count). The van der Waals surface area contributed by atoms with E-state index in [1.54, 1.807) is 13.2 Å². The minimum absolute atomic E-state index is 0.0628. The summed E-state index contributed by atoms with van der Waals surface area (Å²) in [7, 11) is 1.71. The fourth-order valence-corrected chi connectivity index (χ4v) is 3.45. The van der Waals surface area contributed by atoms with Crippen molar-refractivity contribution in [3.63, 3.8) is 0 Å². The zero-order valence-electron chi connectivity index (χ0n) is 14.6. The Bertz CT molecular complexity index is 669. The predicted molar refractivity (Wildman–Crippen MR) is 83.9 cm³/mol. The van der Waals surface area contributed by atoms with E-state index < -0.39 is 23.8 Å². The van der Waals surface area contributed by atoms with Crippen molar-refractivity contribution in [3.8, 4) is 0 Å². The molecule has 2 aliphatic rings. The average molecular weight is 397 g/mol. The largest absolute Gasteiger partial charge is 0.490 e. The van der Waals surface area contributed by atoms with Crippen molar-refractivity contribution in [2.24, 2.45) is 11.3 Å². The van der Waals surface area contributed by atoms with E-state index in [1.807, 2.05) is 0 Å². The highest BCUT2D eigenvalue weighted by Crippen LogP contribution is 2.41. The van der Waals surface area contributed by atoms with E-state index in [4.69, 9.17) is 19.4 Å². The Hall–Kier alpha value is -1.78. The first-order chi connectivity index (χ1) is 12.6. The lowest BCUT2D eigenvalue weighted by molar-refractivity contribution is -0.192. The third-order valence-electron chi connectivity index (χ3n) is 4.66. The second-order valence-electron chi connectivity index (χ2n) is 6.73. The van der Waals surface area contributed by atoms with Crippen LogP contribution in [0.3, 0.4) is 0 Å². The molecule has 2 aliphatic heterocycles. The lowest BCUT2D eigenvalue weighted by atomic mass is 9.82. The minimum atomic E-state index is -5.08. The Balaban J connectivity index is 0.000000321. The SMILES string of the molecule is COC[C@]12COC[C@H]1CN(Cc1ccc(F)c(F)c1)C2.O=C(O)C(F)(F)F. The van der Waals surface area contributed by atoms with E-state index in [0.717, 1.165) is 31.9 Å². The number of carboxylic acid groups (broad SMARTS) is 1. The van der Waals surface area contributed by atoms with Crippen LogP contribution in [0.2, 0.25) is 0 Å². The maximum atomic E-state index is 13.2. The molecule has 27 heavy (non-hydrogen) atoms. The van der Waals surface area contributed by atoms with Crippen LogP contribution in [0, 0.1) is 23.0 Å². The molecule has 2 fully saturated rings. The maximum Gasteiger partial charge on any atom is 0.490 e. The third-order valence-corrected chi connectivity index (χ3v) is 4.66. The van der Waals surface area contributed by atoms with Gasteiger partial charge in [0, 0.05) is 38.1 Å². The number of fused-ring (bicyclic) bond motifs is 1. The molecule has 1 aromatic rings. The van der Waals surface area contributed by atoms with Crippen molar-refractivity contribution in [1.29, 1.82) is 0 Å². The lowest BCUT2D eigenvalue weighted by Crippen LogP contribution is -2.35. The van der Waals surface area contributed by atoms with E-state index in [9.17, 15) is 22.0 Å². The molecule has 0 spiro atoms. The van der Waals surface area contributed by atoms with Gasteiger partial charge in [-0.05, 0) is 17.7 Å². The molecule has 0 unspecified atom stereocenters. The van der Waals surface area contributed by atoms with Gasteiger partial charge in [-0.15, -0.1) is 0 Å². The van der Waals surface area contributed by atoms with E-state index in [1.165, 1.54) is 12.1 Å². The van der Waals surface area contributed by atoms with Gasteiger partial charge in [0.25, 0.3) is 0 Å². The maximum absolute atomic E-state index is 13.2. The first kappa shape index (κ1) is 21.5. The average Bonchev–Trinajstić information content (AvgIpc) is 3.07. The van der Waals surface area contributed by atoms with E-state index in [-0.39, 0.29) is 5.41 Å². The number of rotatable bonds is 4. The van der Waals surface area contributed by atoms with Gasteiger partial charge in [0.1, 0.15) is 0 Å². The van der Waals surface area contributed by atoms with Gasteiger partial charge in [-0.25, -0.2) is 13.6 Å². The van der Waals surface area contributed by atoms with Gasteiger partial charge < -0.3 is 14.6 Å². The quantitative estimate of drug-likeness (QED) is 0.792. The summed E-state index contributed by atoms with van der Waals surface area (Å²) < 4.78 is 68.9. The van der Waals surface area contributed by atoms with Crippen molar-refractivity contribution >= 4 is 5.97 Å². The first-order valence-corrected chi connectivity index (χ1v) is 8.10. The van der Waals surface area contributed by atoms with Gasteiger partial charge in [0.2, 0.25) is 0 Å². The second-order valence-corrected chi connectivity index (χ2v) is 6.73. The van der Waals surface area contributed by atoms with Crippen molar-refractivity contribution in [3.05, 3.63) is 35.4 Å². The van der Waals surface area contributed by atoms with Gasteiger partial charge >= 0.3 is 12.1 Å². The second kappa shape index (κ2) is 8.49. The van der Waals surface area contributed by atoms with Crippen LogP contribution in [-0.4, -0.2) is 62.2 Å². The Morgan fingerprint density at radius 1 is 1.37 bits per heavy atom. The molecule has 10 heteroatoms. The van der Waals surface area contributed by atoms with E-state index in [2.05, 4.69) is 4.90 Å². The van der Waals surface area contributed by atoms with Crippen LogP contribution in [-0.2, 0) is 20.8 Å². The lowest BCUT2D eigenvalue weighted by Gasteiger charge is -2.26. The van der Waals surface area contributed by atoms with Gasteiger partial charge in [-0.1, -0.05) is 6.07 Å². The number of aliphatic carboxylic acids is 1. The zero-order valence-corrected chi connectivity index (χ0v) is 14.6. The number of hydrogen-bond donors (Lipinski definition) is 1. The number of carbonyl (C=O) groups is 1. The molecule has 2 atom stereocenters. The third kappa shape index (κ3) is 5.36. The summed E-state index contributed by atoms with van der Waals surface area (Å²) in [5, 5.41) is 7.12. The summed E-state index contributed by atoms with van der Waals surface area (Å²) in [5.41, 5.74) is 0.866. The number of alkyl halides is 3. The van der Waals surface area contributed by atoms with Crippen LogP contribution >= 0.6 is 0 Å². The van der Waals surface area contributed by atoms with E-state index >= 15 is 0 Å². The number of nitrogens with zero attached hydrogens (tertiary/aromatic N) is 1. The molecule has 5 nitrogen and oxygen atoms in total. The van der Waals surface area contributed by atoms with Crippen molar-refractivity contribution in [2.75, 3.05) is 40.0 Å². The highest BCUT2D eigenvalue weighted by molar-refractivity contribution is 5.73. The van der Waals surface area contributed by atoms with Crippen LogP contribution in [0.25, 0.3) is 0 Å². The fraction of sp³-hybridized carbons (Fsp3) is 0.588. The van der Waals surface area contributed by atoms with Gasteiger partial charge in [0.05, 0.1) is 19.8 Å². The topological polar surface area (TPSA) is 59.0 Å². The zero-order chi connectivity index (χ0) is 20.2. The molecule has 1 aromatic carbocycles. The molecule has 2 saturated heterocycles. The molecule has 0 bridgehead atoms. The number of carboxylic acids is 1. The van der Waals surface area contributed by atoms with E-state index in [0.29, 0.717) is 19.1 Å². The first-order valence-electron chi connectivity index (χ1n) is 8.10. The van der Waals surface area contributed by atoms with Gasteiger partial charge in [-0.2, -0.15) is 13.2 Å². The summed E-state index contributed by atoms with van der Waals surface area (Å²) in [6.07, 6.45) is -5.08. The predicted octanol–water partition coefficient (Wildman–Crippen LogP) is 2.69. The molecule has 0 aliphatic carbocycles. The monoisotopic (exact) mass is 397 g/mol. The smallest absolute Gasteiger partial charge is 0.475 e. The molecular weight excluding hydrogens is 377 g/mol. The fourth-order valence-electron chi connectivity index (χ4n) is 3.45. The molecule has 2 heterocycles. The molecule has 0 radical (unpaired) electrons. The Kier molecular flexibility index (Phi) is 6.77. The van der Waals surface area contributed by atoms with Crippen molar-refractivity contribution in [1.82, 2.24) is 4.90 Å². The summed E-state index contributed by atoms with van der Waals surface area (Å²) in [4.78, 5) is 11.2. The summed E-state index contributed by atoms with van der Waals surface area (Å²) in [6, 6.07) is 4.12. The standard InChI is InChI=1S/C15H19F2NO2.C2HF3O2/c1-19-9-15-8-18(6-12(15)7-20-10-15)5-11-2-3-13(16)14(17)4-11;3-2(4,5)1(6)7/h2-4,12H,5-10H2,1H3;(H,6,7)/t12-,15-;/m1./s1.